The molecule has 4 rings (SSSR count). The summed E-state index contributed by atoms with van der Waals surface area (Å²) in [6, 6.07) is 7.72. The zero-order valence-electron chi connectivity index (χ0n) is 20.3. The van der Waals surface area contributed by atoms with Crippen LogP contribution in [0.1, 0.15) is 37.7 Å². The second-order valence-electron chi connectivity index (χ2n) is 10.1. The highest BCUT2D eigenvalue weighted by molar-refractivity contribution is 6.01. The maximum Gasteiger partial charge on any atom is 0.240 e. The van der Waals surface area contributed by atoms with E-state index in [0.29, 0.717) is 51.7 Å². The number of nitrogens with one attached hydrogen (secondary N) is 4. The van der Waals surface area contributed by atoms with Crippen molar-refractivity contribution in [2.75, 3.05) is 19.6 Å². The summed E-state index contributed by atoms with van der Waals surface area (Å²) in [4.78, 5) is 54.7. The van der Waals surface area contributed by atoms with Crippen LogP contribution in [0.15, 0.2) is 30.3 Å². The number of guanidine groups is 1. The van der Waals surface area contributed by atoms with Crippen molar-refractivity contribution in [3.8, 4) is 0 Å². The first-order valence-corrected chi connectivity index (χ1v) is 12.5. The summed E-state index contributed by atoms with van der Waals surface area (Å²) < 4.78 is 0. The molecule has 194 valence electrons. The minimum absolute atomic E-state index is 0.123. The quantitative estimate of drug-likeness (QED) is 0.158. The number of piperidine rings is 1. The number of carbonyl (C=O) groups is 4. The van der Waals surface area contributed by atoms with Crippen molar-refractivity contribution in [3.63, 3.8) is 0 Å². The number of nitrogens with zero attached hydrogens (tertiary/aromatic N) is 1. The van der Waals surface area contributed by atoms with Gasteiger partial charge in [-0.1, -0.05) is 30.3 Å². The molecule has 0 radical (unpaired) electrons. The maximum absolute atomic E-state index is 14.1. The van der Waals surface area contributed by atoms with Gasteiger partial charge in [-0.15, -0.1) is 0 Å². The molecule has 3 aliphatic rings. The molecule has 3 saturated heterocycles. The Morgan fingerprint density at radius 1 is 1.14 bits per heavy atom. The van der Waals surface area contributed by atoms with Gasteiger partial charge in [0, 0.05) is 18.5 Å². The number of Topliss-reactive ketones (excluding diaryl/α,β-unsaturated/α-hetero) is 1. The summed E-state index contributed by atoms with van der Waals surface area (Å²) in [5.74, 6) is -2.28. The fourth-order valence-electron chi connectivity index (χ4n) is 6.10. The number of piperazine rings is 1. The highest BCUT2D eigenvalue weighted by atomic mass is 16.2. The van der Waals surface area contributed by atoms with Crippen molar-refractivity contribution in [2.24, 2.45) is 22.8 Å². The molecule has 3 fully saturated rings. The molecule has 2 bridgehead atoms. The number of nitrogens with two attached hydrogens (primary N) is 2. The zero-order valence-corrected chi connectivity index (χ0v) is 20.3. The van der Waals surface area contributed by atoms with Gasteiger partial charge in [0.25, 0.3) is 0 Å². The van der Waals surface area contributed by atoms with Gasteiger partial charge in [-0.3, -0.25) is 29.5 Å². The van der Waals surface area contributed by atoms with E-state index in [1.54, 1.807) is 0 Å². The molecular formula is C25H35N7O4. The Balaban J connectivity index is 1.57. The van der Waals surface area contributed by atoms with Crippen LogP contribution >= 0.6 is 0 Å². The van der Waals surface area contributed by atoms with Crippen molar-refractivity contribution in [1.82, 2.24) is 20.9 Å². The van der Waals surface area contributed by atoms with Crippen LogP contribution < -0.4 is 27.4 Å². The van der Waals surface area contributed by atoms with Crippen LogP contribution in [0.25, 0.3) is 0 Å². The third kappa shape index (κ3) is 5.20. The Labute approximate surface area is 210 Å². The normalized spacial score (nSPS) is 32.1. The lowest BCUT2D eigenvalue weighted by Gasteiger charge is -2.50. The van der Waals surface area contributed by atoms with Gasteiger partial charge in [-0.25, -0.2) is 0 Å². The fraction of sp³-hybridized carbons (Fsp3) is 0.560. The van der Waals surface area contributed by atoms with E-state index in [2.05, 4.69) is 20.9 Å². The van der Waals surface area contributed by atoms with E-state index in [1.165, 1.54) is 0 Å². The molecule has 1 spiro atoms. The summed E-state index contributed by atoms with van der Waals surface area (Å²) in [7, 11) is 0. The first-order valence-electron chi connectivity index (χ1n) is 12.5. The number of rotatable bonds is 7. The van der Waals surface area contributed by atoms with E-state index < -0.39 is 29.3 Å². The van der Waals surface area contributed by atoms with Gasteiger partial charge in [-0.05, 0) is 50.6 Å². The number of benzene rings is 1. The van der Waals surface area contributed by atoms with Crippen LogP contribution in [0, 0.1) is 16.7 Å². The minimum atomic E-state index is -1.10. The predicted molar refractivity (Wildman–Crippen MR) is 132 cm³/mol. The summed E-state index contributed by atoms with van der Waals surface area (Å²) in [5, 5.41) is 15.7. The molecule has 11 nitrogen and oxygen atoms in total. The molecule has 1 aromatic carbocycles. The second-order valence-corrected chi connectivity index (χ2v) is 10.1. The molecule has 0 aliphatic carbocycles. The first-order chi connectivity index (χ1) is 17.2. The monoisotopic (exact) mass is 497 g/mol. The molecule has 0 aromatic heterocycles. The Kier molecular flexibility index (Phi) is 7.58. The maximum atomic E-state index is 14.1. The number of fused-ring (bicyclic) bond motifs is 2. The average molecular weight is 498 g/mol. The van der Waals surface area contributed by atoms with Gasteiger partial charge in [0.2, 0.25) is 17.7 Å². The molecule has 3 aliphatic heterocycles. The van der Waals surface area contributed by atoms with E-state index in [1.807, 2.05) is 30.3 Å². The Hall–Kier alpha value is -3.47. The number of hydrogen-bond donors (Lipinski definition) is 6. The predicted octanol–water partition coefficient (Wildman–Crippen LogP) is -0.999. The van der Waals surface area contributed by atoms with Crippen LogP contribution in [0.3, 0.4) is 0 Å². The lowest BCUT2D eigenvalue weighted by atomic mass is 9.59. The van der Waals surface area contributed by atoms with E-state index in [4.69, 9.17) is 16.9 Å². The van der Waals surface area contributed by atoms with Gasteiger partial charge in [0.05, 0.1) is 12.0 Å². The van der Waals surface area contributed by atoms with Gasteiger partial charge in [-0.2, -0.15) is 0 Å². The summed E-state index contributed by atoms with van der Waals surface area (Å²) in [6.45, 7) is 1.36. The van der Waals surface area contributed by atoms with Crippen molar-refractivity contribution in [3.05, 3.63) is 35.9 Å². The van der Waals surface area contributed by atoms with Crippen LogP contribution in [-0.4, -0.2) is 72.1 Å². The van der Waals surface area contributed by atoms with Gasteiger partial charge in [0.15, 0.2) is 11.7 Å². The molecule has 6 atom stereocenters. The molecule has 3 heterocycles. The van der Waals surface area contributed by atoms with E-state index in [0.717, 1.165) is 5.56 Å². The standard InChI is InChI=1S/C25H35N7O4/c26-21(34)17-13-25(16(22(35)30-17)8-4-10-29-24(27)28)9-5-11-32-14-18(20(25)33)31-23(36)19(32)12-15-6-2-1-3-7-15/h1-3,6-7,16-19H,4-5,8-14H2,(H2,26,34)(H,30,35)(H,31,36)(H4,27,28,29)/t16-,17-,18-,19-,25?/m1/s1. The second kappa shape index (κ2) is 10.7. The summed E-state index contributed by atoms with van der Waals surface area (Å²) in [5.41, 5.74) is 10.9. The third-order valence-electron chi connectivity index (χ3n) is 7.82. The first kappa shape index (κ1) is 25.6. The number of hydrogen-bond acceptors (Lipinski definition) is 6. The smallest absolute Gasteiger partial charge is 0.240 e. The molecular weight excluding hydrogens is 462 g/mol. The van der Waals surface area contributed by atoms with E-state index in [9.17, 15) is 19.2 Å². The van der Waals surface area contributed by atoms with Gasteiger partial charge >= 0.3 is 0 Å². The number of carbonyl (C=O) groups excluding carboxylic acids is 4. The van der Waals surface area contributed by atoms with Crippen molar-refractivity contribution in [1.29, 1.82) is 5.41 Å². The van der Waals surface area contributed by atoms with Gasteiger partial charge < -0.3 is 27.4 Å². The van der Waals surface area contributed by atoms with Crippen LogP contribution in [0.5, 0.6) is 0 Å². The lowest BCUT2D eigenvalue weighted by Crippen LogP contribution is -2.69. The number of amides is 3. The molecule has 11 heteroatoms. The SMILES string of the molecule is N=C(N)NCCC[C@@H]1C(=O)N[C@@H](C(N)=O)CC12CCCN1C[C@@H](NC(=O)[C@H]1Cc1ccccc1)C2=O. The van der Waals surface area contributed by atoms with Crippen LogP contribution in [0.4, 0.5) is 0 Å². The van der Waals surface area contributed by atoms with Crippen molar-refractivity contribution < 1.29 is 19.2 Å². The van der Waals surface area contributed by atoms with Crippen LogP contribution in [0.2, 0.25) is 0 Å². The topological polar surface area (TPSA) is 184 Å². The fourth-order valence-corrected chi connectivity index (χ4v) is 6.10. The van der Waals surface area contributed by atoms with Crippen molar-refractivity contribution in [2.45, 2.75) is 56.7 Å². The third-order valence-corrected chi connectivity index (χ3v) is 7.82. The molecule has 36 heavy (non-hydrogen) atoms. The molecule has 3 amide bonds. The molecule has 1 aromatic rings. The number of ketones is 1. The zero-order chi connectivity index (χ0) is 25.9. The molecule has 0 saturated carbocycles. The summed E-state index contributed by atoms with van der Waals surface area (Å²) >= 11 is 0. The van der Waals surface area contributed by atoms with Gasteiger partial charge in [0.1, 0.15) is 12.1 Å². The highest BCUT2D eigenvalue weighted by Gasteiger charge is 2.57. The Morgan fingerprint density at radius 3 is 2.58 bits per heavy atom. The lowest BCUT2D eigenvalue weighted by molar-refractivity contribution is -0.155. The number of primary amides is 1. The van der Waals surface area contributed by atoms with E-state index in [-0.39, 0.29) is 36.0 Å². The Morgan fingerprint density at radius 2 is 1.89 bits per heavy atom. The molecule has 8 N–H and O–H groups in total. The summed E-state index contributed by atoms with van der Waals surface area (Å²) in [6.07, 6.45) is 2.60. The van der Waals surface area contributed by atoms with Crippen molar-refractivity contribution >= 4 is 29.5 Å². The van der Waals surface area contributed by atoms with E-state index >= 15 is 0 Å². The molecule has 2 unspecified atom stereocenters. The minimum Gasteiger partial charge on any atom is -0.370 e. The largest absolute Gasteiger partial charge is 0.370 e. The van der Waals surface area contributed by atoms with Crippen LogP contribution in [-0.2, 0) is 25.6 Å². The highest BCUT2D eigenvalue weighted by Crippen LogP contribution is 2.46. The average Bonchev–Trinajstić information content (AvgIpc) is 2.83. The Bertz CT molecular complexity index is 1030.